The Hall–Kier alpha value is -3.68. The normalized spacial score (nSPS) is 13.4. The maximum atomic E-state index is 12.3. The maximum Gasteiger partial charge on any atom is 0.236 e. The third kappa shape index (κ3) is 4.27. The van der Waals surface area contributed by atoms with E-state index in [1.54, 1.807) is 24.9 Å². The molecule has 1 unspecified atom stereocenters. The molecule has 1 aromatic carbocycles. The van der Waals surface area contributed by atoms with Gasteiger partial charge in [0.15, 0.2) is 28.6 Å². The highest BCUT2D eigenvalue weighted by atomic mass is 32.2. The number of methoxy groups -OCH3 is 1. The first kappa shape index (κ1) is 23.5. The third-order valence-electron chi connectivity index (χ3n) is 4.63. The molecule has 0 saturated heterocycles. The molecule has 0 spiro atoms. The quantitative estimate of drug-likeness (QED) is 0.387. The Morgan fingerprint density at radius 2 is 2.09 bits per heavy atom. The first-order chi connectivity index (χ1) is 16.3. The molecule has 3 aromatic rings. The number of aliphatic imine (C=N–C) groups is 1. The Balaban J connectivity index is 2.07. The van der Waals surface area contributed by atoms with Crippen LogP contribution in [0.15, 0.2) is 46.9 Å². The predicted octanol–water partition coefficient (Wildman–Crippen LogP) is 2.62. The summed E-state index contributed by atoms with van der Waals surface area (Å²) in [5, 5.41) is 10.8. The number of phenols is 1. The topological polar surface area (TPSA) is 132 Å². The maximum absolute atomic E-state index is 12.3. The Labute approximate surface area is 197 Å². The number of anilines is 1. The van der Waals surface area contributed by atoms with Crippen molar-refractivity contribution in [2.75, 3.05) is 30.7 Å². The highest BCUT2D eigenvalue weighted by Crippen LogP contribution is 2.37. The van der Waals surface area contributed by atoms with Crippen molar-refractivity contribution in [3.05, 3.63) is 47.8 Å². The summed E-state index contributed by atoms with van der Waals surface area (Å²) >= 11 is 0. The number of sulfonamides is 1. The van der Waals surface area contributed by atoms with Gasteiger partial charge in [-0.25, -0.2) is 32.4 Å². The fourth-order valence-electron chi connectivity index (χ4n) is 3.33. The molecular formula is C21H21N6O5PS. The summed E-state index contributed by atoms with van der Waals surface area (Å²) in [7, 11) is -2.24. The fraction of sp³-hybridized carbons (Fsp3) is 0.238. The van der Waals surface area contributed by atoms with Crippen molar-refractivity contribution in [3.8, 4) is 17.2 Å². The molecule has 1 aliphatic rings. The van der Waals surface area contributed by atoms with Crippen molar-refractivity contribution >= 4 is 47.5 Å². The number of fused-ring (bicyclic) bond motifs is 1. The minimum atomic E-state index is -3.59. The van der Waals surface area contributed by atoms with Crippen molar-refractivity contribution in [2.45, 2.75) is 6.92 Å². The van der Waals surface area contributed by atoms with Crippen molar-refractivity contribution < 1.29 is 23.0 Å². The van der Waals surface area contributed by atoms with E-state index in [4.69, 9.17) is 9.47 Å². The largest absolute Gasteiger partial charge is 0.506 e. The van der Waals surface area contributed by atoms with E-state index in [0.29, 0.717) is 18.3 Å². The van der Waals surface area contributed by atoms with E-state index in [-0.39, 0.29) is 48.8 Å². The second-order valence-corrected chi connectivity index (χ2v) is 9.92. The molecule has 0 bridgehead atoms. The minimum absolute atomic E-state index is 0.115. The SMILES string of the molecule is CCOC1=NC(c2nc3ncc(N(PC)S(C)(=O)=O)nc3n2-c2c(O)cccc2OC)=C=C=C1. The van der Waals surface area contributed by atoms with Gasteiger partial charge in [-0.15, -0.1) is 0 Å². The molecule has 13 heteroatoms. The number of benzene rings is 1. The summed E-state index contributed by atoms with van der Waals surface area (Å²) < 4.78 is 38.2. The van der Waals surface area contributed by atoms with Crippen LogP contribution in [-0.2, 0) is 14.8 Å². The molecule has 1 atom stereocenters. The van der Waals surface area contributed by atoms with Crippen LogP contribution in [-0.4, -0.2) is 65.6 Å². The van der Waals surface area contributed by atoms with Crippen LogP contribution >= 0.6 is 8.73 Å². The molecule has 0 radical (unpaired) electrons. The first-order valence-corrected chi connectivity index (χ1v) is 13.3. The zero-order valence-electron chi connectivity index (χ0n) is 18.8. The summed E-state index contributed by atoms with van der Waals surface area (Å²) in [6.07, 6.45) is 3.97. The zero-order chi connectivity index (χ0) is 24.5. The lowest BCUT2D eigenvalue weighted by molar-refractivity contribution is 0.330. The van der Waals surface area contributed by atoms with Crippen LogP contribution in [0.3, 0.4) is 0 Å². The number of ether oxygens (including phenoxy) is 2. The molecule has 1 aliphatic heterocycles. The highest BCUT2D eigenvalue weighted by Gasteiger charge is 2.26. The highest BCUT2D eigenvalue weighted by molar-refractivity contribution is 7.97. The van der Waals surface area contributed by atoms with Crippen LogP contribution in [0.2, 0.25) is 0 Å². The average Bonchev–Trinajstić information content (AvgIpc) is 3.17. The minimum Gasteiger partial charge on any atom is -0.506 e. The molecule has 34 heavy (non-hydrogen) atoms. The molecule has 176 valence electrons. The molecule has 2 aromatic heterocycles. The summed E-state index contributed by atoms with van der Waals surface area (Å²) in [5.41, 5.74) is 6.64. The molecule has 0 amide bonds. The Kier molecular flexibility index (Phi) is 6.41. The van der Waals surface area contributed by atoms with Crippen molar-refractivity contribution in [1.82, 2.24) is 19.5 Å². The standard InChI is InChI=1S/C21H21N6O5PS/c1-5-32-17-11-6-8-13(23-17)20-25-19-21(24-16(12-22-19)27(33-3)34(4,29)30)26(20)18-14(28)9-7-10-15(18)31-2/h7,9-12,28,33H,5H2,1-4H3. The van der Waals surface area contributed by atoms with Gasteiger partial charge in [0, 0.05) is 0 Å². The summed E-state index contributed by atoms with van der Waals surface area (Å²) in [4.78, 5) is 17.9. The van der Waals surface area contributed by atoms with E-state index < -0.39 is 10.0 Å². The Bertz CT molecular complexity index is 1520. The molecule has 0 saturated carbocycles. The van der Waals surface area contributed by atoms with Crippen LogP contribution < -0.4 is 8.81 Å². The van der Waals surface area contributed by atoms with E-state index in [1.165, 1.54) is 23.9 Å². The van der Waals surface area contributed by atoms with Gasteiger partial charge in [0.25, 0.3) is 0 Å². The van der Waals surface area contributed by atoms with Gasteiger partial charge in [-0.1, -0.05) is 11.8 Å². The zero-order valence-corrected chi connectivity index (χ0v) is 20.6. The lowest BCUT2D eigenvalue weighted by atomic mass is 10.2. The van der Waals surface area contributed by atoms with Gasteiger partial charge in [-0.05, 0) is 40.2 Å². The average molecular weight is 500 g/mol. The predicted molar refractivity (Wildman–Crippen MR) is 131 cm³/mol. The van der Waals surface area contributed by atoms with E-state index in [0.717, 1.165) is 10.3 Å². The van der Waals surface area contributed by atoms with E-state index in [9.17, 15) is 13.5 Å². The second-order valence-electron chi connectivity index (χ2n) is 6.87. The number of rotatable bonds is 7. The van der Waals surface area contributed by atoms with Gasteiger partial charge in [-0.3, -0.25) is 4.57 Å². The van der Waals surface area contributed by atoms with Crippen molar-refractivity contribution in [1.29, 1.82) is 0 Å². The number of aromatic hydroxyl groups is 1. The number of aromatic nitrogens is 4. The number of para-hydroxylation sites is 1. The smallest absolute Gasteiger partial charge is 0.236 e. The summed E-state index contributed by atoms with van der Waals surface area (Å²) in [6, 6.07) is 4.78. The molecule has 4 rings (SSSR count). The van der Waals surface area contributed by atoms with Crippen LogP contribution in [0.25, 0.3) is 22.7 Å². The van der Waals surface area contributed by atoms with Gasteiger partial charge in [0.1, 0.15) is 17.2 Å². The van der Waals surface area contributed by atoms with Gasteiger partial charge >= 0.3 is 0 Å². The van der Waals surface area contributed by atoms with Crippen molar-refractivity contribution in [3.63, 3.8) is 0 Å². The molecule has 0 aliphatic carbocycles. The Morgan fingerprint density at radius 1 is 1.29 bits per heavy atom. The van der Waals surface area contributed by atoms with Crippen LogP contribution in [0.5, 0.6) is 11.5 Å². The third-order valence-corrected chi connectivity index (χ3v) is 7.66. The fourth-order valence-corrected chi connectivity index (χ4v) is 5.42. The Morgan fingerprint density at radius 3 is 2.76 bits per heavy atom. The van der Waals surface area contributed by atoms with Gasteiger partial charge < -0.3 is 14.6 Å². The first-order valence-electron chi connectivity index (χ1n) is 10.0. The summed E-state index contributed by atoms with van der Waals surface area (Å²) in [5.74, 6) is 0.875. The number of nitrogens with zero attached hydrogens (tertiary/aromatic N) is 6. The molecule has 1 N–H and O–H groups in total. The number of imidazole rings is 1. The molecule has 3 heterocycles. The molecular weight excluding hydrogens is 479 g/mol. The lowest BCUT2D eigenvalue weighted by Gasteiger charge is -2.19. The monoisotopic (exact) mass is 500 g/mol. The van der Waals surface area contributed by atoms with Gasteiger partial charge in [-0.2, -0.15) is 0 Å². The van der Waals surface area contributed by atoms with Gasteiger partial charge in [0.05, 0.1) is 32.2 Å². The van der Waals surface area contributed by atoms with E-state index in [1.807, 2.05) is 6.92 Å². The van der Waals surface area contributed by atoms with Crippen LogP contribution in [0.1, 0.15) is 12.7 Å². The van der Waals surface area contributed by atoms with E-state index in [2.05, 4.69) is 31.4 Å². The van der Waals surface area contributed by atoms with E-state index >= 15 is 0 Å². The van der Waals surface area contributed by atoms with Crippen LogP contribution in [0, 0.1) is 0 Å². The number of phenolic OH excluding ortho intramolecular Hbond substituents is 1. The second kappa shape index (κ2) is 9.29. The molecule has 0 fully saturated rings. The van der Waals surface area contributed by atoms with Gasteiger partial charge in [0.2, 0.25) is 15.9 Å². The summed E-state index contributed by atoms with van der Waals surface area (Å²) in [6.45, 7) is 3.95. The van der Waals surface area contributed by atoms with Crippen molar-refractivity contribution in [2.24, 2.45) is 4.99 Å². The lowest BCUT2D eigenvalue weighted by Crippen LogP contribution is -2.22. The number of hydrogen-bond donors (Lipinski definition) is 1. The van der Waals surface area contributed by atoms with Crippen LogP contribution in [0.4, 0.5) is 5.82 Å². The molecule has 11 nitrogen and oxygen atoms in total. The number of hydrogen-bond acceptors (Lipinski definition) is 9.